The molecule has 0 fully saturated rings. The lowest BCUT2D eigenvalue weighted by molar-refractivity contribution is -0.115. The molecule has 1 amide bonds. The van der Waals surface area contributed by atoms with Crippen molar-refractivity contribution in [1.82, 2.24) is 4.98 Å². The van der Waals surface area contributed by atoms with E-state index in [-0.39, 0.29) is 11.9 Å². The molecule has 0 aliphatic carbocycles. The summed E-state index contributed by atoms with van der Waals surface area (Å²) in [6.07, 6.45) is 2.11. The average molecular weight is 298 g/mol. The van der Waals surface area contributed by atoms with Crippen LogP contribution in [0.4, 0.5) is 5.69 Å². The Morgan fingerprint density at radius 2 is 2.00 bits per heavy atom. The molecule has 2 heterocycles. The van der Waals surface area contributed by atoms with Crippen LogP contribution in [0.3, 0.4) is 0 Å². The first-order valence-corrected chi connectivity index (χ1v) is 7.17. The zero-order valence-electron chi connectivity index (χ0n) is 12.8. The van der Waals surface area contributed by atoms with Crippen LogP contribution >= 0.6 is 0 Å². The van der Waals surface area contributed by atoms with Gasteiger partial charge < -0.3 is 15.0 Å². The lowest BCUT2D eigenvalue weighted by atomic mass is 10.0. The number of fused-ring (bicyclic) bond motifs is 1. The summed E-state index contributed by atoms with van der Waals surface area (Å²) in [4.78, 5) is 26.8. The highest BCUT2D eigenvalue weighted by molar-refractivity contribution is 6.01. The molecular weight excluding hydrogens is 280 g/mol. The van der Waals surface area contributed by atoms with Gasteiger partial charge in [0.05, 0.1) is 17.7 Å². The number of nitrogens with one attached hydrogen (secondary N) is 2. The molecule has 0 unspecified atom stereocenters. The van der Waals surface area contributed by atoms with Gasteiger partial charge in [-0.2, -0.15) is 0 Å². The lowest BCUT2D eigenvalue weighted by Gasteiger charge is -2.19. The zero-order chi connectivity index (χ0) is 15.9. The predicted molar refractivity (Wildman–Crippen MR) is 83.7 cm³/mol. The highest BCUT2D eigenvalue weighted by Gasteiger charge is 2.23. The highest BCUT2D eigenvalue weighted by atomic mass is 16.6. The van der Waals surface area contributed by atoms with Crippen molar-refractivity contribution < 1.29 is 14.3 Å². The molecule has 2 aromatic rings. The Bertz CT molecular complexity index is 754. The number of hydrogen-bond donors (Lipinski definition) is 2. The van der Waals surface area contributed by atoms with E-state index in [0.29, 0.717) is 17.7 Å². The van der Waals surface area contributed by atoms with Gasteiger partial charge in [-0.05, 0) is 38.5 Å². The van der Waals surface area contributed by atoms with Gasteiger partial charge in [0.2, 0.25) is 5.91 Å². The quantitative estimate of drug-likeness (QED) is 0.837. The van der Waals surface area contributed by atoms with Crippen LogP contribution in [0.25, 0.3) is 11.3 Å². The highest BCUT2D eigenvalue weighted by Crippen LogP contribution is 2.31. The van der Waals surface area contributed by atoms with Crippen LogP contribution in [0, 0.1) is 0 Å². The van der Waals surface area contributed by atoms with Gasteiger partial charge in [0.1, 0.15) is 5.60 Å². The zero-order valence-corrected chi connectivity index (χ0v) is 12.8. The van der Waals surface area contributed by atoms with E-state index in [0.717, 1.165) is 16.8 Å². The summed E-state index contributed by atoms with van der Waals surface area (Å²) in [5, 5.41) is 2.82. The van der Waals surface area contributed by atoms with Crippen LogP contribution in [0.15, 0.2) is 30.5 Å². The molecule has 2 N–H and O–H groups in total. The van der Waals surface area contributed by atoms with E-state index in [4.69, 9.17) is 4.74 Å². The van der Waals surface area contributed by atoms with Gasteiger partial charge in [-0.1, -0.05) is 12.1 Å². The molecular formula is C17H18N2O3. The van der Waals surface area contributed by atoms with E-state index in [1.165, 1.54) is 0 Å². The number of amides is 1. The third-order valence-corrected chi connectivity index (χ3v) is 3.39. The molecule has 0 atom stereocenters. The molecule has 1 aliphatic heterocycles. The number of benzene rings is 1. The summed E-state index contributed by atoms with van der Waals surface area (Å²) in [6.45, 7) is 5.51. The number of anilines is 1. The smallest absolute Gasteiger partial charge is 0.340 e. The number of aromatic nitrogens is 1. The summed E-state index contributed by atoms with van der Waals surface area (Å²) in [5.74, 6) is -0.376. The summed E-state index contributed by atoms with van der Waals surface area (Å²) in [7, 11) is 0. The Morgan fingerprint density at radius 1 is 1.23 bits per heavy atom. The number of carbonyl (C=O) groups excluding carboxylic acids is 2. The van der Waals surface area contributed by atoms with Crippen molar-refractivity contribution in [3.8, 4) is 11.3 Å². The van der Waals surface area contributed by atoms with Crippen LogP contribution in [0.2, 0.25) is 0 Å². The van der Waals surface area contributed by atoms with E-state index in [1.54, 1.807) is 12.3 Å². The number of carbonyl (C=O) groups is 2. The van der Waals surface area contributed by atoms with E-state index in [9.17, 15) is 9.59 Å². The maximum absolute atomic E-state index is 12.3. The van der Waals surface area contributed by atoms with Gasteiger partial charge in [0.25, 0.3) is 0 Å². The SMILES string of the molecule is CC(C)(C)OC(=O)c1cc[nH]c1-c1ccc2c(c1)NC(=O)C2. The van der Waals surface area contributed by atoms with E-state index < -0.39 is 5.60 Å². The minimum Gasteiger partial charge on any atom is -0.456 e. The maximum Gasteiger partial charge on any atom is 0.340 e. The topological polar surface area (TPSA) is 71.2 Å². The fraction of sp³-hybridized carbons (Fsp3) is 0.294. The molecule has 114 valence electrons. The van der Waals surface area contributed by atoms with Crippen molar-refractivity contribution in [1.29, 1.82) is 0 Å². The summed E-state index contributed by atoms with van der Waals surface area (Å²) in [5.41, 5.74) is 3.24. The molecule has 0 saturated heterocycles. The second-order valence-electron chi connectivity index (χ2n) is 6.37. The molecule has 0 spiro atoms. The van der Waals surface area contributed by atoms with Crippen LogP contribution in [0.1, 0.15) is 36.7 Å². The molecule has 0 radical (unpaired) electrons. The summed E-state index contributed by atoms with van der Waals surface area (Å²) in [6, 6.07) is 7.39. The van der Waals surface area contributed by atoms with Gasteiger partial charge in [0, 0.05) is 17.4 Å². The minimum atomic E-state index is -0.544. The summed E-state index contributed by atoms with van der Waals surface area (Å²) < 4.78 is 5.43. The standard InChI is InChI=1S/C17H18N2O3/c1-17(2,3)22-16(21)12-6-7-18-15(12)11-5-4-10-9-14(20)19-13(10)8-11/h4-8,18H,9H2,1-3H3,(H,19,20). The Kier molecular flexibility index (Phi) is 3.28. The maximum atomic E-state index is 12.3. The largest absolute Gasteiger partial charge is 0.456 e. The second-order valence-corrected chi connectivity index (χ2v) is 6.37. The van der Waals surface area contributed by atoms with Crippen molar-refractivity contribution in [3.05, 3.63) is 41.6 Å². The van der Waals surface area contributed by atoms with Gasteiger partial charge >= 0.3 is 5.97 Å². The first kappa shape index (κ1) is 14.4. The van der Waals surface area contributed by atoms with E-state index in [1.807, 2.05) is 39.0 Å². The van der Waals surface area contributed by atoms with E-state index in [2.05, 4.69) is 10.3 Å². The monoisotopic (exact) mass is 298 g/mol. The van der Waals surface area contributed by atoms with Crippen molar-refractivity contribution in [2.45, 2.75) is 32.8 Å². The Hall–Kier alpha value is -2.56. The van der Waals surface area contributed by atoms with Crippen molar-refractivity contribution in [3.63, 3.8) is 0 Å². The number of ether oxygens (including phenoxy) is 1. The number of esters is 1. The Morgan fingerprint density at radius 3 is 2.73 bits per heavy atom. The Labute approximate surface area is 128 Å². The normalized spacial score (nSPS) is 13.7. The molecule has 22 heavy (non-hydrogen) atoms. The van der Waals surface area contributed by atoms with Gasteiger partial charge in [-0.15, -0.1) is 0 Å². The predicted octanol–water partition coefficient (Wildman–Crippen LogP) is 3.13. The van der Waals surface area contributed by atoms with Crippen molar-refractivity contribution in [2.75, 3.05) is 5.32 Å². The fourth-order valence-corrected chi connectivity index (χ4v) is 2.48. The van der Waals surface area contributed by atoms with Gasteiger partial charge in [0.15, 0.2) is 0 Å². The molecule has 3 rings (SSSR count). The second kappa shape index (κ2) is 5.02. The lowest BCUT2D eigenvalue weighted by Crippen LogP contribution is -2.24. The van der Waals surface area contributed by atoms with Crippen molar-refractivity contribution >= 4 is 17.6 Å². The summed E-state index contributed by atoms with van der Waals surface area (Å²) >= 11 is 0. The Balaban J connectivity index is 1.94. The number of rotatable bonds is 2. The molecule has 0 saturated carbocycles. The average Bonchev–Trinajstić information content (AvgIpc) is 2.99. The van der Waals surface area contributed by atoms with Gasteiger partial charge in [-0.3, -0.25) is 4.79 Å². The van der Waals surface area contributed by atoms with Crippen LogP contribution in [-0.2, 0) is 16.0 Å². The third kappa shape index (κ3) is 2.74. The molecule has 5 nitrogen and oxygen atoms in total. The first-order chi connectivity index (χ1) is 10.3. The molecule has 0 bridgehead atoms. The third-order valence-electron chi connectivity index (χ3n) is 3.39. The fourth-order valence-electron chi connectivity index (χ4n) is 2.48. The number of hydrogen-bond acceptors (Lipinski definition) is 3. The van der Waals surface area contributed by atoms with Crippen molar-refractivity contribution in [2.24, 2.45) is 0 Å². The molecule has 5 heteroatoms. The van der Waals surface area contributed by atoms with Crippen LogP contribution in [0.5, 0.6) is 0 Å². The van der Waals surface area contributed by atoms with Crippen LogP contribution in [-0.4, -0.2) is 22.5 Å². The van der Waals surface area contributed by atoms with Gasteiger partial charge in [-0.25, -0.2) is 4.79 Å². The van der Waals surface area contributed by atoms with E-state index >= 15 is 0 Å². The first-order valence-electron chi connectivity index (χ1n) is 7.17. The molecule has 1 aliphatic rings. The number of aromatic amines is 1. The number of H-pyrrole nitrogens is 1. The minimum absolute atomic E-state index is 0.00833. The molecule has 1 aromatic heterocycles. The molecule has 1 aromatic carbocycles. The van der Waals surface area contributed by atoms with Crippen LogP contribution < -0.4 is 5.32 Å².